The van der Waals surface area contributed by atoms with Crippen LogP contribution in [0, 0.1) is 0 Å². The molecule has 4 aromatic rings. The second-order valence-corrected chi connectivity index (χ2v) is 7.61. The molecule has 0 fully saturated rings. The van der Waals surface area contributed by atoms with Crippen LogP contribution in [0.1, 0.15) is 31.0 Å². The summed E-state index contributed by atoms with van der Waals surface area (Å²) in [6.07, 6.45) is 3.51. The Balaban J connectivity index is 1.87. The van der Waals surface area contributed by atoms with Gasteiger partial charge in [0, 0.05) is 39.7 Å². The molecule has 2 aromatic carbocycles. The molecular formula is C24H20N2O4. The number of amides is 2. The first-order chi connectivity index (χ1) is 14.5. The number of furan rings is 1. The van der Waals surface area contributed by atoms with E-state index in [1.165, 1.54) is 0 Å². The molecule has 2 amide bonds. The number of aromatic nitrogens is 1. The number of nitrogens with one attached hydrogen (secondary N) is 1. The van der Waals surface area contributed by atoms with Crippen molar-refractivity contribution in [3.8, 4) is 5.75 Å². The molecule has 2 aromatic heterocycles. The highest BCUT2D eigenvalue weighted by molar-refractivity contribution is 6.50. The third-order valence-corrected chi connectivity index (χ3v) is 5.53. The van der Waals surface area contributed by atoms with E-state index in [4.69, 9.17) is 9.15 Å². The van der Waals surface area contributed by atoms with Crippen LogP contribution in [0.2, 0.25) is 0 Å². The number of carbonyl (C=O) groups excluding carboxylic acids is 2. The maximum Gasteiger partial charge on any atom is 0.259 e. The van der Waals surface area contributed by atoms with E-state index in [1.54, 1.807) is 25.5 Å². The Morgan fingerprint density at radius 3 is 2.47 bits per heavy atom. The molecule has 30 heavy (non-hydrogen) atoms. The summed E-state index contributed by atoms with van der Waals surface area (Å²) < 4.78 is 13.2. The van der Waals surface area contributed by atoms with E-state index >= 15 is 0 Å². The molecule has 1 aliphatic heterocycles. The van der Waals surface area contributed by atoms with Gasteiger partial charge in [-0.3, -0.25) is 14.9 Å². The number of ether oxygens (including phenoxy) is 1. The van der Waals surface area contributed by atoms with Crippen molar-refractivity contribution in [3.63, 3.8) is 0 Å². The normalized spacial score (nSPS) is 14.4. The predicted octanol–water partition coefficient (Wildman–Crippen LogP) is 4.54. The summed E-state index contributed by atoms with van der Waals surface area (Å²) in [6, 6.07) is 13.5. The Morgan fingerprint density at radius 1 is 1.00 bits per heavy atom. The summed E-state index contributed by atoms with van der Waals surface area (Å²) >= 11 is 0. The molecule has 0 saturated carbocycles. The molecule has 0 spiro atoms. The van der Waals surface area contributed by atoms with E-state index in [0.29, 0.717) is 28.0 Å². The standard InChI is InChI=1S/C24H20N2O4/c1-13(2)26-12-18(16-6-4-5-7-19(16)26)21-20(23(27)25-24(21)28)17-11-15(29-3)10-14-8-9-30-22(14)17/h4-13H,1-3H3,(H,25,27,28). The molecule has 0 atom stereocenters. The van der Waals surface area contributed by atoms with E-state index in [-0.39, 0.29) is 6.04 Å². The molecule has 1 N–H and O–H groups in total. The lowest BCUT2D eigenvalue weighted by atomic mass is 9.95. The summed E-state index contributed by atoms with van der Waals surface area (Å²) in [5.74, 6) is -0.269. The number of carbonyl (C=O) groups is 2. The summed E-state index contributed by atoms with van der Waals surface area (Å²) in [4.78, 5) is 25.9. The Morgan fingerprint density at radius 2 is 1.73 bits per heavy atom. The summed E-state index contributed by atoms with van der Waals surface area (Å²) in [5, 5.41) is 4.19. The third-order valence-electron chi connectivity index (χ3n) is 5.53. The number of hydrogen-bond donors (Lipinski definition) is 1. The molecule has 6 nitrogen and oxygen atoms in total. The SMILES string of the molecule is COc1cc(C2=C(c3cn(C(C)C)c4ccccc34)C(=O)NC2=O)c2occc2c1. The van der Waals surface area contributed by atoms with Gasteiger partial charge < -0.3 is 13.7 Å². The zero-order valence-corrected chi connectivity index (χ0v) is 16.9. The quantitative estimate of drug-likeness (QED) is 0.510. The van der Waals surface area contributed by atoms with Crippen molar-refractivity contribution in [2.24, 2.45) is 0 Å². The van der Waals surface area contributed by atoms with Gasteiger partial charge in [-0.1, -0.05) is 18.2 Å². The van der Waals surface area contributed by atoms with Crippen molar-refractivity contribution in [1.29, 1.82) is 0 Å². The van der Waals surface area contributed by atoms with E-state index in [2.05, 4.69) is 23.7 Å². The summed E-state index contributed by atoms with van der Waals surface area (Å²) in [6.45, 7) is 4.17. The maximum atomic E-state index is 13.0. The van der Waals surface area contributed by atoms with Crippen LogP contribution in [0.15, 0.2) is 59.3 Å². The number of nitrogens with zero attached hydrogens (tertiary/aromatic N) is 1. The first-order valence-electron chi connectivity index (χ1n) is 9.75. The molecule has 0 aliphatic carbocycles. The van der Waals surface area contributed by atoms with Crippen molar-refractivity contribution >= 4 is 44.8 Å². The highest BCUT2D eigenvalue weighted by Crippen LogP contribution is 2.40. The van der Waals surface area contributed by atoms with Gasteiger partial charge in [0.2, 0.25) is 0 Å². The summed E-state index contributed by atoms with van der Waals surface area (Å²) in [7, 11) is 1.57. The van der Waals surface area contributed by atoms with Crippen LogP contribution in [0.4, 0.5) is 0 Å². The Labute approximate surface area is 172 Å². The predicted molar refractivity (Wildman–Crippen MR) is 115 cm³/mol. The fourth-order valence-corrected chi connectivity index (χ4v) is 4.16. The second-order valence-electron chi connectivity index (χ2n) is 7.61. The monoisotopic (exact) mass is 400 g/mol. The van der Waals surface area contributed by atoms with Gasteiger partial charge in [-0.2, -0.15) is 0 Å². The molecule has 1 aliphatic rings. The van der Waals surface area contributed by atoms with Gasteiger partial charge >= 0.3 is 0 Å². The lowest BCUT2D eigenvalue weighted by Gasteiger charge is -2.08. The number of hydrogen-bond acceptors (Lipinski definition) is 4. The van der Waals surface area contributed by atoms with Crippen LogP contribution in [0.5, 0.6) is 5.75 Å². The van der Waals surface area contributed by atoms with E-state index in [0.717, 1.165) is 21.9 Å². The topological polar surface area (TPSA) is 73.5 Å². The van der Waals surface area contributed by atoms with Crippen molar-refractivity contribution < 1.29 is 18.7 Å². The van der Waals surface area contributed by atoms with Gasteiger partial charge in [-0.15, -0.1) is 0 Å². The maximum absolute atomic E-state index is 13.0. The van der Waals surface area contributed by atoms with Crippen LogP contribution >= 0.6 is 0 Å². The number of benzene rings is 2. The number of imide groups is 1. The van der Waals surface area contributed by atoms with Crippen LogP contribution in [-0.4, -0.2) is 23.5 Å². The average molecular weight is 400 g/mol. The van der Waals surface area contributed by atoms with Crippen molar-refractivity contribution in [3.05, 3.63) is 66.1 Å². The second kappa shape index (κ2) is 6.62. The molecule has 150 valence electrons. The Kier molecular flexibility index (Phi) is 4.03. The number of rotatable bonds is 4. The van der Waals surface area contributed by atoms with E-state index in [1.807, 2.05) is 36.5 Å². The van der Waals surface area contributed by atoms with Crippen molar-refractivity contribution in [2.45, 2.75) is 19.9 Å². The van der Waals surface area contributed by atoms with Crippen LogP contribution < -0.4 is 10.1 Å². The molecule has 0 radical (unpaired) electrons. The van der Waals surface area contributed by atoms with Gasteiger partial charge in [0.05, 0.1) is 24.5 Å². The molecule has 3 heterocycles. The van der Waals surface area contributed by atoms with Crippen LogP contribution in [-0.2, 0) is 9.59 Å². The zero-order chi connectivity index (χ0) is 21.0. The Hall–Kier alpha value is -3.80. The van der Waals surface area contributed by atoms with Gasteiger partial charge in [0.15, 0.2) is 0 Å². The highest BCUT2D eigenvalue weighted by atomic mass is 16.5. The Bertz CT molecular complexity index is 1370. The molecule has 0 bridgehead atoms. The average Bonchev–Trinajstić information content (AvgIpc) is 3.42. The van der Waals surface area contributed by atoms with Crippen molar-refractivity contribution in [2.75, 3.05) is 7.11 Å². The molecule has 5 rings (SSSR count). The van der Waals surface area contributed by atoms with Crippen LogP contribution in [0.3, 0.4) is 0 Å². The smallest absolute Gasteiger partial charge is 0.259 e. The number of para-hydroxylation sites is 1. The van der Waals surface area contributed by atoms with Gasteiger partial charge in [0.25, 0.3) is 11.8 Å². The lowest BCUT2D eigenvalue weighted by Crippen LogP contribution is -2.22. The summed E-state index contributed by atoms with van der Waals surface area (Å²) in [5.41, 5.74) is 3.46. The third kappa shape index (κ3) is 2.57. The first-order valence-corrected chi connectivity index (χ1v) is 9.75. The van der Waals surface area contributed by atoms with Crippen LogP contribution in [0.25, 0.3) is 33.0 Å². The van der Waals surface area contributed by atoms with Gasteiger partial charge in [-0.25, -0.2) is 0 Å². The fraction of sp³-hybridized carbons (Fsp3) is 0.167. The molecule has 6 heteroatoms. The van der Waals surface area contributed by atoms with Gasteiger partial charge in [0.1, 0.15) is 11.3 Å². The molecule has 0 saturated heterocycles. The largest absolute Gasteiger partial charge is 0.497 e. The van der Waals surface area contributed by atoms with E-state index < -0.39 is 11.8 Å². The fourth-order valence-electron chi connectivity index (χ4n) is 4.16. The minimum Gasteiger partial charge on any atom is -0.497 e. The zero-order valence-electron chi connectivity index (χ0n) is 16.9. The number of fused-ring (bicyclic) bond motifs is 2. The lowest BCUT2D eigenvalue weighted by molar-refractivity contribution is -0.122. The van der Waals surface area contributed by atoms with E-state index in [9.17, 15) is 9.59 Å². The van der Waals surface area contributed by atoms with Gasteiger partial charge in [-0.05, 0) is 38.1 Å². The minimum absolute atomic E-state index is 0.196. The molecular weight excluding hydrogens is 380 g/mol. The first kappa shape index (κ1) is 18.2. The van der Waals surface area contributed by atoms with Crippen molar-refractivity contribution in [1.82, 2.24) is 9.88 Å². The highest BCUT2D eigenvalue weighted by Gasteiger charge is 2.35. The minimum atomic E-state index is -0.442. The number of methoxy groups -OCH3 is 1. The molecule has 0 unspecified atom stereocenters.